The molecule has 0 aliphatic rings. The minimum Gasteiger partial charge on any atom is -0.462 e. The van der Waals surface area contributed by atoms with Gasteiger partial charge in [0.05, 0.1) is 0 Å². The van der Waals surface area contributed by atoms with Crippen LogP contribution in [0, 0.1) is 0 Å². The Hall–Kier alpha value is -4.19. The van der Waals surface area contributed by atoms with Gasteiger partial charge >= 0.3 is 17.9 Å². The average molecular weight is 1100 g/mol. The van der Waals surface area contributed by atoms with Crippen molar-refractivity contribution in [2.24, 2.45) is 0 Å². The van der Waals surface area contributed by atoms with Crippen molar-refractivity contribution < 1.29 is 28.6 Å². The summed E-state index contributed by atoms with van der Waals surface area (Å²) in [5.74, 6) is -0.895. The van der Waals surface area contributed by atoms with E-state index in [2.05, 4.69) is 142 Å². The molecular weight excluding hydrogens is 973 g/mol. The molecule has 0 spiro atoms. The molecule has 0 fully saturated rings. The van der Waals surface area contributed by atoms with Crippen LogP contribution >= 0.6 is 0 Å². The van der Waals surface area contributed by atoms with Gasteiger partial charge in [-0.1, -0.05) is 290 Å². The molecule has 0 saturated carbocycles. The highest BCUT2D eigenvalue weighted by molar-refractivity contribution is 5.71. The zero-order valence-corrected chi connectivity index (χ0v) is 51.6. The second kappa shape index (κ2) is 66.3. The summed E-state index contributed by atoms with van der Waals surface area (Å²) in [7, 11) is 0. The SMILES string of the molecule is CC/C=C\C/C=C\C/C=C\C/C=C\C/C=C\C/C=C\C/C=C\C/C=C\C/C=C\CCCCCCCCCC(=O)OCC(COC(=O)CCCCCCCCCCC)OC(=O)CCCCCCCCC/C=C\CCCCCCCC. The van der Waals surface area contributed by atoms with Gasteiger partial charge in [-0.25, -0.2) is 0 Å². The van der Waals surface area contributed by atoms with Crippen LogP contribution in [0.4, 0.5) is 0 Å². The fourth-order valence-corrected chi connectivity index (χ4v) is 9.02. The number of carbonyl (C=O) groups is 3. The minimum absolute atomic E-state index is 0.0819. The molecule has 0 aromatic carbocycles. The second-order valence-corrected chi connectivity index (χ2v) is 21.6. The third-order valence-electron chi connectivity index (χ3n) is 14.0. The molecule has 0 aromatic heterocycles. The highest BCUT2D eigenvalue weighted by atomic mass is 16.6. The van der Waals surface area contributed by atoms with Gasteiger partial charge in [0.25, 0.3) is 0 Å². The Bertz CT molecular complexity index is 1640. The zero-order valence-electron chi connectivity index (χ0n) is 51.6. The van der Waals surface area contributed by atoms with Crippen molar-refractivity contribution in [3.05, 3.63) is 122 Å². The first-order chi connectivity index (χ1) is 39.0. The van der Waals surface area contributed by atoms with Crippen LogP contribution in [-0.4, -0.2) is 37.2 Å². The quantitative estimate of drug-likeness (QED) is 0.0261. The average Bonchev–Trinajstić information content (AvgIpc) is 3.45. The minimum atomic E-state index is -0.785. The van der Waals surface area contributed by atoms with Crippen molar-refractivity contribution in [3.8, 4) is 0 Å². The molecule has 0 N–H and O–H groups in total. The van der Waals surface area contributed by atoms with E-state index in [1.807, 2.05) is 0 Å². The number of hydrogen-bond donors (Lipinski definition) is 0. The summed E-state index contributed by atoms with van der Waals surface area (Å²) in [6, 6.07) is 0. The van der Waals surface area contributed by atoms with Gasteiger partial charge in [-0.15, -0.1) is 0 Å². The topological polar surface area (TPSA) is 78.9 Å². The second-order valence-electron chi connectivity index (χ2n) is 21.6. The smallest absolute Gasteiger partial charge is 0.306 e. The highest BCUT2D eigenvalue weighted by Crippen LogP contribution is 2.15. The van der Waals surface area contributed by atoms with Gasteiger partial charge in [-0.05, 0) is 116 Å². The largest absolute Gasteiger partial charge is 0.462 e. The number of rotatable bonds is 59. The molecule has 0 heterocycles. The van der Waals surface area contributed by atoms with E-state index >= 15 is 0 Å². The molecule has 0 aliphatic carbocycles. The van der Waals surface area contributed by atoms with Gasteiger partial charge < -0.3 is 14.2 Å². The van der Waals surface area contributed by atoms with E-state index < -0.39 is 6.10 Å². The Labute approximate surface area is 488 Å². The maximum absolute atomic E-state index is 12.9. The number of carbonyl (C=O) groups excluding carboxylic acids is 3. The van der Waals surface area contributed by atoms with Crippen LogP contribution in [0.5, 0.6) is 0 Å². The lowest BCUT2D eigenvalue weighted by Gasteiger charge is -2.18. The van der Waals surface area contributed by atoms with Gasteiger partial charge in [-0.2, -0.15) is 0 Å². The molecule has 0 bridgehead atoms. The zero-order chi connectivity index (χ0) is 57.1. The first kappa shape index (κ1) is 74.8. The van der Waals surface area contributed by atoms with Crippen LogP contribution in [0.1, 0.15) is 303 Å². The van der Waals surface area contributed by atoms with Crippen molar-refractivity contribution in [1.29, 1.82) is 0 Å². The summed E-state index contributed by atoms with van der Waals surface area (Å²) in [5.41, 5.74) is 0. The summed E-state index contributed by atoms with van der Waals surface area (Å²) >= 11 is 0. The van der Waals surface area contributed by atoms with Gasteiger partial charge in [0.2, 0.25) is 0 Å². The molecule has 79 heavy (non-hydrogen) atoms. The van der Waals surface area contributed by atoms with Gasteiger partial charge in [0.1, 0.15) is 13.2 Å². The Balaban J connectivity index is 4.20. The van der Waals surface area contributed by atoms with E-state index in [9.17, 15) is 14.4 Å². The summed E-state index contributed by atoms with van der Waals surface area (Å²) in [4.78, 5) is 38.2. The van der Waals surface area contributed by atoms with Crippen LogP contribution in [0.15, 0.2) is 122 Å². The Morgan fingerprint density at radius 3 is 0.785 bits per heavy atom. The summed E-state index contributed by atoms with van der Waals surface area (Å²) in [5, 5.41) is 0. The van der Waals surface area contributed by atoms with Crippen molar-refractivity contribution >= 4 is 17.9 Å². The Kier molecular flexibility index (Phi) is 62.8. The molecule has 0 aliphatic heterocycles. The van der Waals surface area contributed by atoms with Crippen LogP contribution in [-0.2, 0) is 28.6 Å². The van der Waals surface area contributed by atoms with E-state index in [1.165, 1.54) is 141 Å². The molecule has 0 rings (SSSR count). The van der Waals surface area contributed by atoms with Crippen LogP contribution in [0.25, 0.3) is 0 Å². The Morgan fingerprint density at radius 1 is 0.266 bits per heavy atom. The number of ether oxygens (including phenoxy) is 3. The molecule has 1 atom stereocenters. The third kappa shape index (κ3) is 64.5. The monoisotopic (exact) mass is 1090 g/mol. The lowest BCUT2D eigenvalue weighted by molar-refractivity contribution is -0.167. The predicted octanol–water partition coefficient (Wildman–Crippen LogP) is 22.8. The van der Waals surface area contributed by atoms with Crippen LogP contribution in [0.3, 0.4) is 0 Å². The molecular formula is C73H122O6. The first-order valence-electron chi connectivity index (χ1n) is 33.0. The maximum atomic E-state index is 12.9. The fourth-order valence-electron chi connectivity index (χ4n) is 9.02. The number of allylic oxidation sites excluding steroid dienone is 20. The van der Waals surface area contributed by atoms with Crippen molar-refractivity contribution in [2.45, 2.75) is 309 Å². The van der Waals surface area contributed by atoms with E-state index in [0.717, 1.165) is 122 Å². The molecule has 1 unspecified atom stereocenters. The number of unbranched alkanes of at least 4 members (excludes halogenated alkanes) is 28. The van der Waals surface area contributed by atoms with Crippen LogP contribution < -0.4 is 0 Å². The third-order valence-corrected chi connectivity index (χ3v) is 14.0. The van der Waals surface area contributed by atoms with E-state index in [4.69, 9.17) is 14.2 Å². The molecule has 450 valence electrons. The molecule has 0 saturated heterocycles. The van der Waals surface area contributed by atoms with E-state index in [0.29, 0.717) is 19.3 Å². The standard InChI is InChI=1S/C73H122O6/c1-4-7-10-13-16-19-21-23-25-27-28-29-30-31-32-33-34-35-36-37-38-39-40-41-42-43-44-46-47-49-51-54-57-60-63-66-72(75)78-69-70(68-77-71(74)65-62-59-56-53-18-15-12-9-6-3)79-73(76)67-64-61-58-55-52-50-48-45-26-24-22-20-17-14-11-8-5-2/h7,10,16,19,23-26,28-29,31-32,34-35,37-38,40-41,43-44,70H,4-6,8-9,11-15,17-18,20-22,27,30,33,36,39,42,45-69H2,1-3H3/b10-7-,19-16-,25-23-,26-24-,29-28-,32-31-,35-34-,38-37-,41-40-,44-43-. The van der Waals surface area contributed by atoms with E-state index in [1.54, 1.807) is 0 Å². The molecule has 6 heteroatoms. The summed E-state index contributed by atoms with van der Waals surface area (Å²) in [6.07, 6.45) is 92.2. The predicted molar refractivity (Wildman–Crippen MR) is 343 cm³/mol. The van der Waals surface area contributed by atoms with E-state index in [-0.39, 0.29) is 31.1 Å². The molecule has 0 radical (unpaired) electrons. The van der Waals surface area contributed by atoms with Crippen molar-refractivity contribution in [3.63, 3.8) is 0 Å². The van der Waals surface area contributed by atoms with Crippen molar-refractivity contribution in [2.75, 3.05) is 13.2 Å². The normalized spacial score (nSPS) is 12.9. The van der Waals surface area contributed by atoms with Crippen LogP contribution in [0.2, 0.25) is 0 Å². The van der Waals surface area contributed by atoms with Gasteiger partial charge in [0, 0.05) is 19.3 Å². The molecule has 0 amide bonds. The van der Waals surface area contributed by atoms with Gasteiger partial charge in [0.15, 0.2) is 6.10 Å². The fraction of sp³-hybridized carbons (Fsp3) is 0.685. The first-order valence-corrected chi connectivity index (χ1v) is 33.0. The number of hydrogen-bond acceptors (Lipinski definition) is 6. The van der Waals surface area contributed by atoms with Gasteiger partial charge in [-0.3, -0.25) is 14.4 Å². The maximum Gasteiger partial charge on any atom is 0.306 e. The number of esters is 3. The Morgan fingerprint density at radius 2 is 0.494 bits per heavy atom. The molecule has 6 nitrogen and oxygen atoms in total. The lowest BCUT2D eigenvalue weighted by atomic mass is 10.1. The summed E-state index contributed by atoms with van der Waals surface area (Å²) in [6.45, 7) is 6.50. The summed E-state index contributed by atoms with van der Waals surface area (Å²) < 4.78 is 16.9. The lowest BCUT2D eigenvalue weighted by Crippen LogP contribution is -2.30. The highest BCUT2D eigenvalue weighted by Gasteiger charge is 2.19. The molecule has 0 aromatic rings. The van der Waals surface area contributed by atoms with Crippen molar-refractivity contribution in [1.82, 2.24) is 0 Å².